The van der Waals surface area contributed by atoms with Crippen molar-refractivity contribution in [1.82, 2.24) is 25.0 Å². The molecule has 2 aromatic rings. The lowest BCUT2D eigenvalue weighted by atomic mass is 10.3. The van der Waals surface area contributed by atoms with Crippen molar-refractivity contribution in [1.29, 1.82) is 0 Å². The molecule has 2 heterocycles. The number of aryl methyl sites for hydroxylation is 1. The molecule has 2 rings (SSSR count). The molecule has 0 bridgehead atoms. The summed E-state index contributed by atoms with van der Waals surface area (Å²) in [6, 6.07) is 1.84. The molecule has 0 spiro atoms. The number of halogens is 1. The Morgan fingerprint density at radius 1 is 1.40 bits per heavy atom. The fourth-order valence-electron chi connectivity index (χ4n) is 1.23. The van der Waals surface area contributed by atoms with Gasteiger partial charge in [-0.1, -0.05) is 5.21 Å². The maximum absolute atomic E-state index is 4.17. The number of hydrogen-bond acceptors (Lipinski definition) is 5. The lowest BCUT2D eigenvalue weighted by Crippen LogP contribution is -1.98. The zero-order valence-electron chi connectivity index (χ0n) is 8.27. The van der Waals surface area contributed by atoms with Gasteiger partial charge in [0.15, 0.2) is 4.60 Å². The van der Waals surface area contributed by atoms with Crippen LogP contribution in [0.25, 0.3) is 11.4 Å². The average Bonchev–Trinajstić information content (AvgIpc) is 2.59. The first kappa shape index (κ1) is 10.0. The quantitative estimate of drug-likeness (QED) is 0.883. The second-order valence-corrected chi connectivity index (χ2v) is 3.64. The zero-order chi connectivity index (χ0) is 10.8. The van der Waals surface area contributed by atoms with E-state index in [1.807, 2.05) is 20.2 Å². The highest BCUT2D eigenvalue weighted by molar-refractivity contribution is 9.10. The van der Waals surface area contributed by atoms with E-state index in [2.05, 4.69) is 41.5 Å². The largest absolute Gasteiger partial charge is 0.373 e. The molecule has 1 N–H and O–H groups in total. The molecule has 7 heteroatoms. The van der Waals surface area contributed by atoms with Crippen molar-refractivity contribution in [3.63, 3.8) is 0 Å². The van der Waals surface area contributed by atoms with Crippen LogP contribution in [0.2, 0.25) is 0 Å². The number of rotatable bonds is 2. The third-order valence-electron chi connectivity index (χ3n) is 1.95. The van der Waals surface area contributed by atoms with Crippen LogP contribution in [-0.2, 0) is 7.05 Å². The van der Waals surface area contributed by atoms with Gasteiger partial charge in [-0.25, -0.2) is 14.6 Å². The Bertz CT molecular complexity index is 460. The predicted octanol–water partition coefficient (Wildman–Crippen LogP) is 1.08. The van der Waals surface area contributed by atoms with Crippen LogP contribution < -0.4 is 5.32 Å². The second-order valence-electron chi connectivity index (χ2n) is 2.89. The molecule has 6 nitrogen and oxygen atoms in total. The minimum atomic E-state index is 0.672. The van der Waals surface area contributed by atoms with Gasteiger partial charge >= 0.3 is 0 Å². The van der Waals surface area contributed by atoms with Crippen molar-refractivity contribution in [2.24, 2.45) is 7.05 Å². The van der Waals surface area contributed by atoms with E-state index in [1.165, 1.54) is 6.33 Å². The number of aromatic nitrogens is 5. The Labute approximate surface area is 94.9 Å². The molecule has 78 valence electrons. The molecule has 0 aliphatic heterocycles. The fourth-order valence-corrected chi connectivity index (χ4v) is 1.76. The van der Waals surface area contributed by atoms with Crippen LogP contribution in [-0.4, -0.2) is 32.0 Å². The summed E-state index contributed by atoms with van der Waals surface area (Å²) in [7, 11) is 3.62. The first-order chi connectivity index (χ1) is 7.22. The van der Waals surface area contributed by atoms with Gasteiger partial charge in [-0.15, -0.1) is 5.10 Å². The summed E-state index contributed by atoms with van der Waals surface area (Å²) >= 11 is 3.33. The van der Waals surface area contributed by atoms with Crippen molar-refractivity contribution in [2.45, 2.75) is 0 Å². The van der Waals surface area contributed by atoms with Crippen LogP contribution >= 0.6 is 15.9 Å². The summed E-state index contributed by atoms with van der Waals surface area (Å²) in [5, 5.41) is 10.7. The Morgan fingerprint density at radius 3 is 2.80 bits per heavy atom. The standard InChI is InChI=1S/C8H9BrN6/c1-10-6-3-5(11-4-12-6)7-8(9)13-14-15(7)2/h3-4H,1-2H3,(H,10,11,12). The number of nitrogens with one attached hydrogen (secondary N) is 1. The minimum absolute atomic E-state index is 0.672. The molecule has 0 saturated heterocycles. The summed E-state index contributed by atoms with van der Waals surface area (Å²) in [4.78, 5) is 8.21. The van der Waals surface area contributed by atoms with Gasteiger partial charge < -0.3 is 5.32 Å². The molecule has 0 atom stereocenters. The maximum Gasteiger partial charge on any atom is 0.157 e. The normalized spacial score (nSPS) is 10.3. The van der Waals surface area contributed by atoms with Crippen molar-refractivity contribution >= 4 is 21.7 Å². The highest BCUT2D eigenvalue weighted by Crippen LogP contribution is 2.24. The molecule has 0 unspecified atom stereocenters. The molecule has 15 heavy (non-hydrogen) atoms. The molecule has 0 aliphatic rings. The zero-order valence-corrected chi connectivity index (χ0v) is 9.85. The van der Waals surface area contributed by atoms with Gasteiger partial charge in [0.05, 0.1) is 5.69 Å². The first-order valence-corrected chi connectivity index (χ1v) is 5.07. The van der Waals surface area contributed by atoms with E-state index in [4.69, 9.17) is 0 Å². The fraction of sp³-hybridized carbons (Fsp3) is 0.250. The van der Waals surface area contributed by atoms with Crippen LogP contribution in [0.4, 0.5) is 5.82 Å². The van der Waals surface area contributed by atoms with E-state index in [-0.39, 0.29) is 0 Å². The Hall–Kier alpha value is -1.50. The smallest absolute Gasteiger partial charge is 0.157 e. The van der Waals surface area contributed by atoms with Gasteiger partial charge in [-0.3, -0.25) is 0 Å². The second kappa shape index (κ2) is 3.93. The SMILES string of the molecule is CNc1cc(-c2c(Br)nnn2C)ncn1. The number of hydrogen-bond donors (Lipinski definition) is 1. The molecule has 0 amide bonds. The van der Waals surface area contributed by atoms with Crippen LogP contribution in [0.1, 0.15) is 0 Å². The van der Waals surface area contributed by atoms with E-state index in [0.717, 1.165) is 17.2 Å². The van der Waals surface area contributed by atoms with Crippen LogP contribution in [0.5, 0.6) is 0 Å². The van der Waals surface area contributed by atoms with Gasteiger partial charge in [0.2, 0.25) is 0 Å². The topological polar surface area (TPSA) is 68.5 Å². The first-order valence-electron chi connectivity index (χ1n) is 4.27. The Morgan fingerprint density at radius 2 is 2.20 bits per heavy atom. The summed E-state index contributed by atoms with van der Waals surface area (Å²) in [6.45, 7) is 0. The number of nitrogens with zero attached hydrogens (tertiary/aromatic N) is 5. The lowest BCUT2D eigenvalue weighted by Gasteiger charge is -2.02. The summed E-state index contributed by atoms with van der Waals surface area (Å²) < 4.78 is 2.33. The molecular formula is C8H9BrN6. The van der Waals surface area contributed by atoms with E-state index in [9.17, 15) is 0 Å². The van der Waals surface area contributed by atoms with E-state index in [1.54, 1.807) is 4.68 Å². The predicted molar refractivity (Wildman–Crippen MR) is 59.3 cm³/mol. The van der Waals surface area contributed by atoms with Crippen LogP contribution in [0.3, 0.4) is 0 Å². The Kier molecular flexibility index (Phi) is 2.63. The lowest BCUT2D eigenvalue weighted by molar-refractivity contribution is 0.718. The van der Waals surface area contributed by atoms with Gasteiger partial charge in [-0.2, -0.15) is 0 Å². The maximum atomic E-state index is 4.17. The average molecular weight is 269 g/mol. The van der Waals surface area contributed by atoms with E-state index >= 15 is 0 Å². The van der Waals surface area contributed by atoms with Crippen LogP contribution in [0, 0.1) is 0 Å². The minimum Gasteiger partial charge on any atom is -0.373 e. The third kappa shape index (κ3) is 1.82. The van der Waals surface area contributed by atoms with Crippen molar-refractivity contribution in [2.75, 3.05) is 12.4 Å². The molecule has 0 saturated carbocycles. The van der Waals surface area contributed by atoms with Crippen molar-refractivity contribution < 1.29 is 0 Å². The summed E-state index contributed by atoms with van der Waals surface area (Å²) in [6.07, 6.45) is 1.50. The van der Waals surface area contributed by atoms with Gasteiger partial charge in [-0.05, 0) is 15.9 Å². The van der Waals surface area contributed by atoms with Crippen LogP contribution in [0.15, 0.2) is 17.0 Å². The Balaban J connectivity index is 2.53. The summed E-state index contributed by atoms with van der Waals surface area (Å²) in [5.74, 6) is 0.758. The summed E-state index contributed by atoms with van der Waals surface area (Å²) in [5.41, 5.74) is 1.60. The van der Waals surface area contributed by atoms with Gasteiger partial charge in [0.25, 0.3) is 0 Å². The third-order valence-corrected chi connectivity index (χ3v) is 2.49. The van der Waals surface area contributed by atoms with Gasteiger partial charge in [0, 0.05) is 20.2 Å². The molecule has 0 radical (unpaired) electrons. The molecule has 0 aliphatic carbocycles. The highest BCUT2D eigenvalue weighted by atomic mass is 79.9. The molecule has 2 aromatic heterocycles. The van der Waals surface area contributed by atoms with E-state index in [0.29, 0.717) is 4.60 Å². The monoisotopic (exact) mass is 268 g/mol. The highest BCUT2D eigenvalue weighted by Gasteiger charge is 2.12. The number of anilines is 1. The van der Waals surface area contributed by atoms with E-state index < -0.39 is 0 Å². The van der Waals surface area contributed by atoms with Crippen molar-refractivity contribution in [3.8, 4) is 11.4 Å². The molecular weight excluding hydrogens is 260 g/mol. The van der Waals surface area contributed by atoms with Gasteiger partial charge in [0.1, 0.15) is 17.8 Å². The molecule has 0 aromatic carbocycles. The van der Waals surface area contributed by atoms with Crippen molar-refractivity contribution in [3.05, 3.63) is 17.0 Å². The molecule has 0 fully saturated rings.